The summed E-state index contributed by atoms with van der Waals surface area (Å²) in [6.07, 6.45) is 3.60. The van der Waals surface area contributed by atoms with Gasteiger partial charge in [-0.3, -0.25) is 9.89 Å². The van der Waals surface area contributed by atoms with E-state index in [1.165, 1.54) is 0 Å². The van der Waals surface area contributed by atoms with Gasteiger partial charge in [0.1, 0.15) is 0 Å². The Morgan fingerprint density at radius 3 is 2.67 bits per heavy atom. The zero-order valence-corrected chi connectivity index (χ0v) is 12.5. The number of hydrogen-bond donors (Lipinski definition) is 2. The minimum atomic E-state index is 0.460. The Labute approximate surface area is 125 Å². The molecule has 1 aromatic heterocycles. The predicted octanol–water partition coefficient (Wildman–Crippen LogP) is -0.464. The van der Waals surface area contributed by atoms with E-state index in [-0.39, 0.29) is 0 Å². The zero-order chi connectivity index (χ0) is 14.5. The molecule has 0 spiro atoms. The summed E-state index contributed by atoms with van der Waals surface area (Å²) >= 11 is 0. The molecule has 1 unspecified atom stereocenters. The van der Waals surface area contributed by atoms with Crippen LogP contribution in [0.15, 0.2) is 23.5 Å². The molecule has 114 valence electrons. The molecule has 2 N–H and O–H groups in total. The van der Waals surface area contributed by atoms with E-state index in [0.29, 0.717) is 6.04 Å². The topological polar surface area (TPSA) is 68.7 Å². The van der Waals surface area contributed by atoms with Gasteiger partial charge >= 0.3 is 0 Å². The van der Waals surface area contributed by atoms with Gasteiger partial charge in [0.15, 0.2) is 5.96 Å². The molecule has 7 nitrogen and oxygen atoms in total. The number of rotatable bonds is 4. The maximum atomic E-state index is 4.40. The van der Waals surface area contributed by atoms with E-state index >= 15 is 0 Å². The molecule has 3 heterocycles. The van der Waals surface area contributed by atoms with Gasteiger partial charge < -0.3 is 15.5 Å². The third kappa shape index (κ3) is 3.81. The van der Waals surface area contributed by atoms with E-state index in [4.69, 9.17) is 0 Å². The van der Waals surface area contributed by atoms with Crippen molar-refractivity contribution in [3.05, 3.63) is 18.5 Å². The van der Waals surface area contributed by atoms with Crippen molar-refractivity contribution in [1.29, 1.82) is 0 Å². The molecule has 3 rings (SSSR count). The quantitative estimate of drug-likeness (QED) is 0.781. The lowest BCUT2D eigenvalue weighted by atomic mass is 10.3. The number of nitrogens with one attached hydrogen (secondary N) is 2. The van der Waals surface area contributed by atoms with Crippen molar-refractivity contribution < 1.29 is 0 Å². The van der Waals surface area contributed by atoms with E-state index in [0.717, 1.165) is 57.7 Å². The first-order valence-electron chi connectivity index (χ1n) is 7.60. The highest BCUT2D eigenvalue weighted by atomic mass is 15.3. The van der Waals surface area contributed by atoms with Crippen LogP contribution in [0.2, 0.25) is 0 Å². The first kappa shape index (κ1) is 14.1. The lowest BCUT2D eigenvalue weighted by molar-refractivity contribution is 0.260. The molecular weight excluding hydrogens is 266 g/mol. The number of nitrogens with zero attached hydrogens (tertiary/aromatic N) is 5. The summed E-state index contributed by atoms with van der Waals surface area (Å²) in [5.41, 5.74) is 0. The number of aromatic nitrogens is 2. The molecular formula is C14H23N7. The molecule has 1 aromatic rings. The van der Waals surface area contributed by atoms with Gasteiger partial charge in [0.05, 0.1) is 6.54 Å². The van der Waals surface area contributed by atoms with Crippen LogP contribution in [0, 0.1) is 0 Å². The first-order chi connectivity index (χ1) is 10.3. The number of piperazine rings is 1. The molecule has 0 amide bonds. The highest BCUT2D eigenvalue weighted by molar-refractivity contribution is 5.81. The smallest absolute Gasteiger partial charge is 0.225 e. The lowest BCUT2D eigenvalue weighted by Gasteiger charge is -2.34. The van der Waals surface area contributed by atoms with Crippen molar-refractivity contribution in [3.63, 3.8) is 0 Å². The van der Waals surface area contributed by atoms with Crippen LogP contribution in [0.5, 0.6) is 0 Å². The van der Waals surface area contributed by atoms with E-state index in [2.05, 4.69) is 42.3 Å². The van der Waals surface area contributed by atoms with Crippen LogP contribution in [0.25, 0.3) is 0 Å². The number of hydrogen-bond acceptors (Lipinski definition) is 7. The molecule has 0 radical (unpaired) electrons. The summed E-state index contributed by atoms with van der Waals surface area (Å²) in [6.45, 7) is 9.06. The Balaban J connectivity index is 1.36. The number of anilines is 1. The summed E-state index contributed by atoms with van der Waals surface area (Å²) in [4.78, 5) is 17.7. The number of aliphatic imine (C=N–C) groups is 1. The predicted molar refractivity (Wildman–Crippen MR) is 83.6 cm³/mol. The minimum Gasteiger partial charge on any atom is -0.355 e. The molecule has 21 heavy (non-hydrogen) atoms. The molecule has 1 saturated heterocycles. The van der Waals surface area contributed by atoms with Crippen LogP contribution in [-0.2, 0) is 0 Å². The molecule has 0 aromatic carbocycles. The van der Waals surface area contributed by atoms with Crippen molar-refractivity contribution in [1.82, 2.24) is 25.5 Å². The fourth-order valence-corrected chi connectivity index (χ4v) is 2.62. The third-order valence-electron chi connectivity index (χ3n) is 3.83. The Bertz CT molecular complexity index is 467. The summed E-state index contributed by atoms with van der Waals surface area (Å²) in [6, 6.07) is 2.31. The summed E-state index contributed by atoms with van der Waals surface area (Å²) in [5.74, 6) is 1.78. The first-order valence-corrected chi connectivity index (χ1v) is 7.60. The second kappa shape index (κ2) is 6.71. The SMILES string of the molecule is CC1CN=C(NCCN2CCN(c3ncccn3)CC2)N1. The van der Waals surface area contributed by atoms with Gasteiger partial charge in [-0.2, -0.15) is 0 Å². The molecule has 2 aliphatic rings. The molecule has 0 bridgehead atoms. The molecule has 0 aliphatic carbocycles. The average Bonchev–Trinajstić information content (AvgIpc) is 2.94. The molecule has 1 fully saturated rings. The van der Waals surface area contributed by atoms with Crippen LogP contribution in [0.3, 0.4) is 0 Å². The monoisotopic (exact) mass is 289 g/mol. The summed E-state index contributed by atoms with van der Waals surface area (Å²) < 4.78 is 0. The van der Waals surface area contributed by atoms with Gasteiger partial charge in [-0.25, -0.2) is 9.97 Å². The molecule has 1 atom stereocenters. The number of guanidine groups is 1. The van der Waals surface area contributed by atoms with Gasteiger partial charge in [-0.05, 0) is 13.0 Å². The second-order valence-corrected chi connectivity index (χ2v) is 5.54. The van der Waals surface area contributed by atoms with E-state index < -0.39 is 0 Å². The lowest BCUT2D eigenvalue weighted by Crippen LogP contribution is -2.49. The second-order valence-electron chi connectivity index (χ2n) is 5.54. The van der Waals surface area contributed by atoms with Crippen molar-refractivity contribution in [2.75, 3.05) is 50.7 Å². The Morgan fingerprint density at radius 1 is 1.24 bits per heavy atom. The largest absolute Gasteiger partial charge is 0.355 e. The molecule has 7 heteroatoms. The third-order valence-corrected chi connectivity index (χ3v) is 3.83. The highest BCUT2D eigenvalue weighted by Crippen LogP contribution is 2.09. The summed E-state index contributed by atoms with van der Waals surface area (Å²) in [7, 11) is 0. The standard InChI is InChI=1S/C14H23N7/c1-12-11-18-13(19-12)15-5-6-20-7-9-21(10-8-20)14-16-3-2-4-17-14/h2-4,12H,5-11H2,1H3,(H2,15,18,19). The van der Waals surface area contributed by atoms with E-state index in [1.807, 2.05) is 6.07 Å². The maximum Gasteiger partial charge on any atom is 0.225 e. The van der Waals surface area contributed by atoms with Gasteiger partial charge in [-0.1, -0.05) is 0 Å². The minimum absolute atomic E-state index is 0.460. The maximum absolute atomic E-state index is 4.40. The van der Waals surface area contributed by atoms with Crippen LogP contribution in [-0.4, -0.2) is 72.7 Å². The van der Waals surface area contributed by atoms with Crippen molar-refractivity contribution in [2.24, 2.45) is 4.99 Å². The van der Waals surface area contributed by atoms with Gasteiger partial charge in [-0.15, -0.1) is 0 Å². The Hall–Kier alpha value is -1.89. The zero-order valence-electron chi connectivity index (χ0n) is 12.5. The molecule has 2 aliphatic heterocycles. The normalized spacial score (nSPS) is 22.8. The van der Waals surface area contributed by atoms with Crippen molar-refractivity contribution in [3.8, 4) is 0 Å². The van der Waals surface area contributed by atoms with Gasteiger partial charge in [0.25, 0.3) is 0 Å². The van der Waals surface area contributed by atoms with E-state index in [1.54, 1.807) is 12.4 Å². The highest BCUT2D eigenvalue weighted by Gasteiger charge is 2.18. The van der Waals surface area contributed by atoms with Gasteiger partial charge in [0.2, 0.25) is 5.95 Å². The summed E-state index contributed by atoms with van der Waals surface area (Å²) in [5, 5.41) is 6.68. The average molecular weight is 289 g/mol. The Kier molecular flexibility index (Phi) is 4.49. The van der Waals surface area contributed by atoms with Crippen LogP contribution in [0.4, 0.5) is 5.95 Å². The van der Waals surface area contributed by atoms with Crippen molar-refractivity contribution >= 4 is 11.9 Å². The van der Waals surface area contributed by atoms with E-state index in [9.17, 15) is 0 Å². The molecule has 0 saturated carbocycles. The van der Waals surface area contributed by atoms with Gasteiger partial charge in [0, 0.05) is 57.7 Å². The van der Waals surface area contributed by atoms with Crippen LogP contribution in [0.1, 0.15) is 6.92 Å². The van der Waals surface area contributed by atoms with Crippen LogP contribution >= 0.6 is 0 Å². The fourth-order valence-electron chi connectivity index (χ4n) is 2.62. The fraction of sp³-hybridized carbons (Fsp3) is 0.643. The van der Waals surface area contributed by atoms with Crippen LogP contribution < -0.4 is 15.5 Å². The Morgan fingerprint density at radius 2 is 2.00 bits per heavy atom. The van der Waals surface area contributed by atoms with Crippen molar-refractivity contribution in [2.45, 2.75) is 13.0 Å².